The maximum Gasteiger partial charge on any atom is 0.161 e. The van der Waals surface area contributed by atoms with E-state index < -0.39 is 0 Å². The monoisotopic (exact) mass is 269 g/mol. The van der Waals surface area contributed by atoms with Gasteiger partial charge < -0.3 is 5.32 Å². The van der Waals surface area contributed by atoms with Crippen LogP contribution in [0.2, 0.25) is 0 Å². The van der Waals surface area contributed by atoms with Crippen LogP contribution in [0.1, 0.15) is 36.2 Å². The van der Waals surface area contributed by atoms with Crippen molar-refractivity contribution in [2.75, 3.05) is 11.9 Å². The summed E-state index contributed by atoms with van der Waals surface area (Å²) in [6.07, 6.45) is 2.85. The number of ketones is 1. The van der Waals surface area contributed by atoms with Crippen LogP contribution < -0.4 is 5.32 Å². The van der Waals surface area contributed by atoms with Crippen LogP contribution >= 0.6 is 0 Å². The number of rotatable bonds is 5. The highest BCUT2D eigenvalue weighted by atomic mass is 16.1. The van der Waals surface area contributed by atoms with E-state index in [2.05, 4.69) is 22.2 Å². The van der Waals surface area contributed by atoms with Crippen molar-refractivity contribution in [1.29, 1.82) is 0 Å². The molecule has 1 aromatic carbocycles. The smallest absolute Gasteiger partial charge is 0.161 e. The minimum Gasteiger partial charge on any atom is -0.370 e. The molecule has 0 aliphatic heterocycles. The van der Waals surface area contributed by atoms with Gasteiger partial charge in [0.1, 0.15) is 5.82 Å². The second-order valence-electron chi connectivity index (χ2n) is 4.79. The van der Waals surface area contributed by atoms with E-state index in [1.807, 2.05) is 25.1 Å². The average Bonchev–Trinajstić information content (AvgIpc) is 2.46. The minimum absolute atomic E-state index is 0.0447. The summed E-state index contributed by atoms with van der Waals surface area (Å²) < 4.78 is 0. The normalized spacial score (nSPS) is 10.3. The van der Waals surface area contributed by atoms with Crippen LogP contribution in [0.15, 0.2) is 30.5 Å². The first kappa shape index (κ1) is 14.2. The van der Waals surface area contributed by atoms with Crippen molar-refractivity contribution in [3.05, 3.63) is 41.6 Å². The van der Waals surface area contributed by atoms with Gasteiger partial charge in [0.05, 0.1) is 0 Å². The van der Waals surface area contributed by atoms with E-state index in [9.17, 15) is 4.79 Å². The lowest BCUT2D eigenvalue weighted by atomic mass is 10.1. The SMILES string of the molecule is CCCNc1nc(-c2cccc(C(C)=O)c2)ncc1C. The summed E-state index contributed by atoms with van der Waals surface area (Å²) in [6.45, 7) is 6.53. The van der Waals surface area contributed by atoms with E-state index in [1.54, 1.807) is 19.2 Å². The van der Waals surface area contributed by atoms with Crippen molar-refractivity contribution in [3.8, 4) is 11.4 Å². The molecule has 0 saturated heterocycles. The van der Waals surface area contributed by atoms with Crippen LogP contribution in [0.25, 0.3) is 11.4 Å². The first-order valence-electron chi connectivity index (χ1n) is 6.80. The largest absolute Gasteiger partial charge is 0.370 e. The van der Waals surface area contributed by atoms with Crippen molar-refractivity contribution in [2.45, 2.75) is 27.2 Å². The zero-order valence-electron chi connectivity index (χ0n) is 12.1. The fraction of sp³-hybridized carbons (Fsp3) is 0.312. The summed E-state index contributed by atoms with van der Waals surface area (Å²) in [5.74, 6) is 1.53. The van der Waals surface area contributed by atoms with Gasteiger partial charge in [-0.15, -0.1) is 0 Å². The Hall–Kier alpha value is -2.23. The van der Waals surface area contributed by atoms with Crippen LogP contribution in [-0.2, 0) is 0 Å². The Morgan fingerprint density at radius 1 is 1.35 bits per heavy atom. The van der Waals surface area contributed by atoms with Gasteiger partial charge in [0, 0.05) is 29.4 Å². The van der Waals surface area contributed by atoms with Crippen molar-refractivity contribution in [1.82, 2.24) is 9.97 Å². The van der Waals surface area contributed by atoms with E-state index in [0.29, 0.717) is 11.4 Å². The Labute approximate surface area is 119 Å². The van der Waals surface area contributed by atoms with E-state index in [0.717, 1.165) is 29.9 Å². The lowest BCUT2D eigenvalue weighted by molar-refractivity contribution is 0.101. The van der Waals surface area contributed by atoms with E-state index in [-0.39, 0.29) is 5.78 Å². The van der Waals surface area contributed by atoms with Gasteiger partial charge in [0.25, 0.3) is 0 Å². The molecular formula is C16H19N3O. The quantitative estimate of drug-likeness (QED) is 0.844. The van der Waals surface area contributed by atoms with Gasteiger partial charge in [-0.2, -0.15) is 0 Å². The number of benzene rings is 1. The van der Waals surface area contributed by atoms with E-state index in [4.69, 9.17) is 0 Å². The van der Waals surface area contributed by atoms with Crippen molar-refractivity contribution in [2.24, 2.45) is 0 Å². The third kappa shape index (κ3) is 3.20. The van der Waals surface area contributed by atoms with Crippen molar-refractivity contribution < 1.29 is 4.79 Å². The minimum atomic E-state index is 0.0447. The molecule has 0 unspecified atom stereocenters. The summed E-state index contributed by atoms with van der Waals surface area (Å²) in [7, 11) is 0. The Bertz CT molecular complexity index is 623. The number of anilines is 1. The highest BCUT2D eigenvalue weighted by Gasteiger charge is 2.07. The Kier molecular flexibility index (Phi) is 4.45. The van der Waals surface area contributed by atoms with Crippen LogP contribution in [0.4, 0.5) is 5.82 Å². The molecule has 4 heteroatoms. The molecule has 1 N–H and O–H groups in total. The van der Waals surface area contributed by atoms with Gasteiger partial charge in [-0.05, 0) is 26.3 Å². The van der Waals surface area contributed by atoms with Gasteiger partial charge in [-0.25, -0.2) is 9.97 Å². The van der Waals surface area contributed by atoms with Gasteiger partial charge >= 0.3 is 0 Å². The molecule has 104 valence electrons. The molecule has 0 amide bonds. The number of Topliss-reactive ketones (excluding diaryl/α,β-unsaturated/α-hetero) is 1. The first-order chi connectivity index (χ1) is 9.61. The van der Waals surface area contributed by atoms with Crippen molar-refractivity contribution >= 4 is 11.6 Å². The molecule has 20 heavy (non-hydrogen) atoms. The molecule has 0 saturated carbocycles. The average molecular weight is 269 g/mol. The zero-order chi connectivity index (χ0) is 14.5. The fourth-order valence-electron chi connectivity index (χ4n) is 1.88. The van der Waals surface area contributed by atoms with E-state index in [1.165, 1.54) is 0 Å². The van der Waals surface area contributed by atoms with Gasteiger partial charge in [0.15, 0.2) is 11.6 Å². The highest BCUT2D eigenvalue weighted by Crippen LogP contribution is 2.20. The molecule has 0 atom stereocenters. The Balaban J connectivity index is 2.37. The van der Waals surface area contributed by atoms with Crippen molar-refractivity contribution in [3.63, 3.8) is 0 Å². The van der Waals surface area contributed by atoms with Crippen LogP contribution in [-0.4, -0.2) is 22.3 Å². The number of carbonyl (C=O) groups is 1. The molecule has 2 rings (SSSR count). The first-order valence-corrected chi connectivity index (χ1v) is 6.80. The number of aryl methyl sites for hydroxylation is 1. The molecule has 0 radical (unpaired) electrons. The summed E-state index contributed by atoms with van der Waals surface area (Å²) in [4.78, 5) is 20.3. The number of hydrogen-bond donors (Lipinski definition) is 1. The van der Waals surface area contributed by atoms with Crippen LogP contribution in [0, 0.1) is 6.92 Å². The summed E-state index contributed by atoms with van der Waals surface area (Å²) >= 11 is 0. The zero-order valence-corrected chi connectivity index (χ0v) is 12.1. The second kappa shape index (κ2) is 6.28. The number of nitrogens with zero attached hydrogens (tertiary/aromatic N) is 2. The molecule has 1 heterocycles. The second-order valence-corrected chi connectivity index (χ2v) is 4.79. The van der Waals surface area contributed by atoms with Crippen LogP contribution in [0.3, 0.4) is 0 Å². The molecule has 0 aliphatic carbocycles. The molecule has 0 bridgehead atoms. The summed E-state index contributed by atoms with van der Waals surface area (Å²) in [6, 6.07) is 7.40. The Morgan fingerprint density at radius 3 is 2.85 bits per heavy atom. The third-order valence-corrected chi connectivity index (χ3v) is 3.04. The topological polar surface area (TPSA) is 54.9 Å². The molecule has 0 spiro atoms. The summed E-state index contributed by atoms with van der Waals surface area (Å²) in [5.41, 5.74) is 2.55. The van der Waals surface area contributed by atoms with Gasteiger partial charge in [-0.3, -0.25) is 4.79 Å². The Morgan fingerprint density at radius 2 is 2.15 bits per heavy atom. The number of nitrogens with one attached hydrogen (secondary N) is 1. The third-order valence-electron chi connectivity index (χ3n) is 3.04. The van der Waals surface area contributed by atoms with Gasteiger partial charge in [0.2, 0.25) is 0 Å². The predicted molar refractivity (Wildman–Crippen MR) is 81.0 cm³/mol. The standard InChI is InChI=1S/C16H19N3O/c1-4-8-17-15-11(2)10-18-16(19-15)14-7-5-6-13(9-14)12(3)20/h5-7,9-10H,4,8H2,1-3H3,(H,17,18,19). The molecular weight excluding hydrogens is 250 g/mol. The number of carbonyl (C=O) groups excluding carboxylic acids is 1. The molecule has 4 nitrogen and oxygen atoms in total. The number of hydrogen-bond acceptors (Lipinski definition) is 4. The molecule has 0 aliphatic rings. The lowest BCUT2D eigenvalue weighted by Gasteiger charge is -2.09. The predicted octanol–water partition coefficient (Wildman–Crippen LogP) is 3.48. The lowest BCUT2D eigenvalue weighted by Crippen LogP contribution is -2.05. The van der Waals surface area contributed by atoms with E-state index >= 15 is 0 Å². The molecule has 0 fully saturated rings. The fourth-order valence-corrected chi connectivity index (χ4v) is 1.88. The summed E-state index contributed by atoms with van der Waals surface area (Å²) in [5, 5.41) is 3.29. The molecule has 2 aromatic rings. The highest BCUT2D eigenvalue weighted by molar-refractivity contribution is 5.95. The van der Waals surface area contributed by atoms with Gasteiger partial charge in [-0.1, -0.05) is 25.1 Å². The maximum atomic E-state index is 11.4. The molecule has 1 aromatic heterocycles. The number of aromatic nitrogens is 2. The van der Waals surface area contributed by atoms with Crippen LogP contribution in [0.5, 0.6) is 0 Å². The maximum absolute atomic E-state index is 11.4.